The standard InChI is InChI=1S/C21H19NO6/c1-3-26-21(25)19-17(16-9-4-5-10-18(16)28-19)12-27-20(24)14-7-6-8-15(11-14)22-13(2)23/h4-11H,3,12H2,1-2H3,(H,22,23). The summed E-state index contributed by atoms with van der Waals surface area (Å²) in [5.41, 5.74) is 1.71. The number of para-hydroxylation sites is 1. The highest BCUT2D eigenvalue weighted by molar-refractivity contribution is 5.97. The number of ether oxygens (including phenoxy) is 2. The van der Waals surface area contributed by atoms with Gasteiger partial charge in [-0.05, 0) is 31.2 Å². The van der Waals surface area contributed by atoms with Crippen LogP contribution in [0.1, 0.15) is 40.3 Å². The highest BCUT2D eigenvalue weighted by Gasteiger charge is 2.23. The van der Waals surface area contributed by atoms with Crippen LogP contribution in [0.4, 0.5) is 5.69 Å². The third kappa shape index (κ3) is 4.20. The number of fused-ring (bicyclic) bond motifs is 1. The third-order valence-corrected chi connectivity index (χ3v) is 3.93. The van der Waals surface area contributed by atoms with E-state index in [4.69, 9.17) is 13.9 Å². The molecule has 3 aromatic rings. The fraction of sp³-hybridized carbons (Fsp3) is 0.190. The summed E-state index contributed by atoms with van der Waals surface area (Å²) in [4.78, 5) is 35.8. The Morgan fingerprint density at radius 2 is 1.79 bits per heavy atom. The topological polar surface area (TPSA) is 94.8 Å². The number of benzene rings is 2. The Labute approximate surface area is 161 Å². The minimum atomic E-state index is -0.614. The van der Waals surface area contributed by atoms with Crippen LogP contribution >= 0.6 is 0 Å². The average molecular weight is 381 g/mol. The number of carbonyl (C=O) groups excluding carboxylic acids is 3. The first-order valence-electron chi connectivity index (χ1n) is 8.72. The summed E-state index contributed by atoms with van der Waals surface area (Å²) in [5, 5.41) is 3.28. The highest BCUT2D eigenvalue weighted by Crippen LogP contribution is 2.27. The van der Waals surface area contributed by atoms with Crippen LogP contribution in [0.15, 0.2) is 52.9 Å². The van der Waals surface area contributed by atoms with Gasteiger partial charge in [0.1, 0.15) is 12.2 Å². The van der Waals surface area contributed by atoms with E-state index < -0.39 is 11.9 Å². The van der Waals surface area contributed by atoms with E-state index in [0.29, 0.717) is 22.2 Å². The molecule has 2 aromatic carbocycles. The lowest BCUT2D eigenvalue weighted by Crippen LogP contribution is -2.11. The molecule has 0 saturated carbocycles. The number of rotatable bonds is 6. The molecule has 0 radical (unpaired) electrons. The largest absolute Gasteiger partial charge is 0.460 e. The highest BCUT2D eigenvalue weighted by atomic mass is 16.5. The third-order valence-electron chi connectivity index (χ3n) is 3.93. The van der Waals surface area contributed by atoms with Gasteiger partial charge in [-0.1, -0.05) is 24.3 Å². The summed E-state index contributed by atoms with van der Waals surface area (Å²) in [6, 6.07) is 13.5. The summed E-state index contributed by atoms with van der Waals surface area (Å²) >= 11 is 0. The zero-order valence-corrected chi connectivity index (χ0v) is 15.5. The van der Waals surface area contributed by atoms with Crippen molar-refractivity contribution in [2.24, 2.45) is 0 Å². The minimum absolute atomic E-state index is 0.0165. The number of carbonyl (C=O) groups is 3. The molecule has 0 aliphatic rings. The smallest absolute Gasteiger partial charge is 0.374 e. The van der Waals surface area contributed by atoms with Crippen LogP contribution in [0.2, 0.25) is 0 Å². The van der Waals surface area contributed by atoms with Gasteiger partial charge in [0, 0.05) is 18.0 Å². The van der Waals surface area contributed by atoms with Gasteiger partial charge in [0.2, 0.25) is 11.7 Å². The zero-order chi connectivity index (χ0) is 20.1. The summed E-state index contributed by atoms with van der Waals surface area (Å²) in [6.45, 7) is 3.12. The minimum Gasteiger partial charge on any atom is -0.460 e. The molecule has 1 amide bonds. The molecular weight excluding hydrogens is 362 g/mol. The summed E-state index contributed by atoms with van der Waals surface area (Å²) in [6.07, 6.45) is 0. The SMILES string of the molecule is CCOC(=O)c1oc2ccccc2c1COC(=O)c1cccc(NC(C)=O)c1. The molecule has 0 aliphatic carbocycles. The molecule has 7 heteroatoms. The number of hydrogen-bond donors (Lipinski definition) is 1. The molecule has 3 rings (SSSR count). The number of esters is 2. The Kier molecular flexibility index (Phi) is 5.74. The molecule has 0 fully saturated rings. The van der Waals surface area contributed by atoms with Crippen molar-refractivity contribution in [2.75, 3.05) is 11.9 Å². The summed E-state index contributed by atoms with van der Waals surface area (Å²) in [7, 11) is 0. The Bertz CT molecular complexity index is 1040. The Hall–Kier alpha value is -3.61. The van der Waals surface area contributed by atoms with E-state index in [-0.39, 0.29) is 30.4 Å². The van der Waals surface area contributed by atoms with E-state index in [1.54, 1.807) is 49.4 Å². The Morgan fingerprint density at radius 1 is 1.00 bits per heavy atom. The van der Waals surface area contributed by atoms with E-state index in [1.165, 1.54) is 13.0 Å². The molecule has 28 heavy (non-hydrogen) atoms. The lowest BCUT2D eigenvalue weighted by molar-refractivity contribution is -0.114. The predicted molar refractivity (Wildman–Crippen MR) is 102 cm³/mol. The normalized spacial score (nSPS) is 10.5. The van der Waals surface area contributed by atoms with E-state index in [1.807, 2.05) is 0 Å². The fourth-order valence-corrected chi connectivity index (χ4v) is 2.75. The van der Waals surface area contributed by atoms with Crippen LogP contribution < -0.4 is 5.32 Å². The van der Waals surface area contributed by atoms with Gasteiger partial charge in [-0.2, -0.15) is 0 Å². The monoisotopic (exact) mass is 381 g/mol. The molecule has 0 bridgehead atoms. The van der Waals surface area contributed by atoms with Gasteiger partial charge in [-0.15, -0.1) is 0 Å². The number of anilines is 1. The van der Waals surface area contributed by atoms with E-state index >= 15 is 0 Å². The number of furan rings is 1. The van der Waals surface area contributed by atoms with Crippen molar-refractivity contribution in [3.05, 3.63) is 65.4 Å². The fourth-order valence-electron chi connectivity index (χ4n) is 2.75. The number of hydrogen-bond acceptors (Lipinski definition) is 6. The molecule has 0 unspecified atom stereocenters. The van der Waals surface area contributed by atoms with Crippen LogP contribution in [0, 0.1) is 0 Å². The van der Waals surface area contributed by atoms with Crippen molar-refractivity contribution in [3.8, 4) is 0 Å². The average Bonchev–Trinajstić information content (AvgIpc) is 3.05. The lowest BCUT2D eigenvalue weighted by atomic mass is 10.1. The first kappa shape index (κ1) is 19.2. The maximum Gasteiger partial charge on any atom is 0.374 e. The molecule has 0 spiro atoms. The van der Waals surface area contributed by atoms with Crippen molar-refractivity contribution in [1.29, 1.82) is 0 Å². The Morgan fingerprint density at radius 3 is 2.54 bits per heavy atom. The lowest BCUT2D eigenvalue weighted by Gasteiger charge is -2.07. The molecule has 1 aromatic heterocycles. The quantitative estimate of drug-likeness (QED) is 0.650. The summed E-state index contributed by atoms with van der Waals surface area (Å²) < 4.78 is 16.0. The first-order valence-corrected chi connectivity index (χ1v) is 8.72. The maximum absolute atomic E-state index is 12.4. The summed E-state index contributed by atoms with van der Waals surface area (Å²) in [5.74, 6) is -1.43. The van der Waals surface area contributed by atoms with Gasteiger partial charge >= 0.3 is 11.9 Å². The van der Waals surface area contributed by atoms with Gasteiger partial charge < -0.3 is 19.2 Å². The molecule has 1 heterocycles. The van der Waals surface area contributed by atoms with Gasteiger partial charge in [-0.25, -0.2) is 9.59 Å². The molecule has 0 saturated heterocycles. The molecule has 1 N–H and O–H groups in total. The van der Waals surface area contributed by atoms with Crippen molar-refractivity contribution >= 4 is 34.5 Å². The van der Waals surface area contributed by atoms with Gasteiger partial charge in [0.15, 0.2) is 0 Å². The van der Waals surface area contributed by atoms with Crippen molar-refractivity contribution in [1.82, 2.24) is 0 Å². The second-order valence-corrected chi connectivity index (χ2v) is 5.96. The molecule has 0 aliphatic heterocycles. The molecular formula is C21H19NO6. The van der Waals surface area contributed by atoms with E-state index in [0.717, 1.165) is 0 Å². The predicted octanol–water partition coefficient (Wildman–Crippen LogP) is 3.92. The first-order chi connectivity index (χ1) is 13.5. The van der Waals surface area contributed by atoms with Crippen molar-refractivity contribution in [2.45, 2.75) is 20.5 Å². The molecule has 0 atom stereocenters. The zero-order valence-electron chi connectivity index (χ0n) is 15.5. The van der Waals surface area contributed by atoms with Crippen LogP contribution in [-0.2, 0) is 20.9 Å². The van der Waals surface area contributed by atoms with Crippen LogP contribution in [-0.4, -0.2) is 24.5 Å². The second-order valence-electron chi connectivity index (χ2n) is 5.96. The van der Waals surface area contributed by atoms with Crippen LogP contribution in [0.5, 0.6) is 0 Å². The number of amides is 1. The van der Waals surface area contributed by atoms with Crippen LogP contribution in [0.3, 0.4) is 0 Å². The maximum atomic E-state index is 12.4. The van der Waals surface area contributed by atoms with Crippen molar-refractivity contribution < 1.29 is 28.3 Å². The molecule has 7 nitrogen and oxygen atoms in total. The van der Waals surface area contributed by atoms with Gasteiger partial charge in [0.25, 0.3) is 0 Å². The second kappa shape index (κ2) is 8.39. The van der Waals surface area contributed by atoms with Gasteiger partial charge in [0.05, 0.1) is 17.7 Å². The van der Waals surface area contributed by atoms with Crippen molar-refractivity contribution in [3.63, 3.8) is 0 Å². The van der Waals surface area contributed by atoms with E-state index in [2.05, 4.69) is 5.32 Å². The van der Waals surface area contributed by atoms with E-state index in [9.17, 15) is 14.4 Å². The molecule has 144 valence electrons. The Balaban J connectivity index is 1.83. The van der Waals surface area contributed by atoms with Gasteiger partial charge in [-0.3, -0.25) is 4.79 Å². The van der Waals surface area contributed by atoms with Crippen LogP contribution in [0.25, 0.3) is 11.0 Å². The number of nitrogens with one attached hydrogen (secondary N) is 1.